The molecule has 2 aromatic carbocycles. The average Bonchev–Trinajstić information content (AvgIpc) is 2.69. The van der Waals surface area contributed by atoms with E-state index in [1.807, 2.05) is 31.2 Å². The van der Waals surface area contributed by atoms with Crippen LogP contribution in [0.4, 0.5) is 4.79 Å². The van der Waals surface area contributed by atoms with E-state index in [1.54, 1.807) is 45.0 Å². The zero-order chi connectivity index (χ0) is 22.1. The van der Waals surface area contributed by atoms with Gasteiger partial charge in [0.05, 0.1) is 5.56 Å². The molecule has 0 unspecified atom stereocenters. The van der Waals surface area contributed by atoms with Gasteiger partial charge in [0.1, 0.15) is 5.60 Å². The number of carbonyl (C=O) groups is 3. The molecule has 0 atom stereocenters. The summed E-state index contributed by atoms with van der Waals surface area (Å²) in [5, 5.41) is 5.38. The molecular formula is C23H28N2O5. The average molecular weight is 412 g/mol. The van der Waals surface area contributed by atoms with Crippen molar-refractivity contribution in [2.24, 2.45) is 0 Å². The van der Waals surface area contributed by atoms with E-state index in [0.29, 0.717) is 12.1 Å². The minimum absolute atomic E-state index is 0.269. The van der Waals surface area contributed by atoms with Crippen LogP contribution < -0.4 is 10.6 Å². The maximum absolute atomic E-state index is 12.1. The zero-order valence-electron chi connectivity index (χ0n) is 17.8. The van der Waals surface area contributed by atoms with Gasteiger partial charge in [0.25, 0.3) is 5.91 Å². The summed E-state index contributed by atoms with van der Waals surface area (Å²) in [4.78, 5) is 35.7. The smallest absolute Gasteiger partial charge is 0.407 e. The van der Waals surface area contributed by atoms with E-state index in [-0.39, 0.29) is 19.1 Å². The molecule has 2 rings (SSSR count). The molecular weight excluding hydrogens is 384 g/mol. The summed E-state index contributed by atoms with van der Waals surface area (Å²) < 4.78 is 10.2. The topological polar surface area (TPSA) is 93.7 Å². The third kappa shape index (κ3) is 7.95. The first-order chi connectivity index (χ1) is 14.1. The molecule has 0 saturated carbocycles. The van der Waals surface area contributed by atoms with Crippen LogP contribution in [0.5, 0.6) is 0 Å². The first kappa shape index (κ1) is 22.9. The van der Waals surface area contributed by atoms with Gasteiger partial charge < -0.3 is 20.1 Å². The summed E-state index contributed by atoms with van der Waals surface area (Å²) in [6, 6.07) is 14.3. The van der Waals surface area contributed by atoms with E-state index in [9.17, 15) is 14.4 Å². The molecule has 160 valence electrons. The lowest BCUT2D eigenvalue weighted by Crippen LogP contribution is -2.32. The largest absolute Gasteiger partial charge is 0.452 e. The quantitative estimate of drug-likeness (QED) is 0.679. The van der Waals surface area contributed by atoms with Crippen molar-refractivity contribution in [3.63, 3.8) is 0 Å². The molecule has 7 nitrogen and oxygen atoms in total. The van der Waals surface area contributed by atoms with E-state index in [2.05, 4.69) is 10.6 Å². The third-order valence-electron chi connectivity index (χ3n) is 4.10. The van der Waals surface area contributed by atoms with E-state index < -0.39 is 17.7 Å². The highest BCUT2D eigenvalue weighted by Gasteiger charge is 2.16. The summed E-state index contributed by atoms with van der Waals surface area (Å²) in [5.74, 6) is -0.961. The van der Waals surface area contributed by atoms with Gasteiger partial charge in [-0.1, -0.05) is 36.4 Å². The zero-order valence-corrected chi connectivity index (χ0v) is 17.8. The van der Waals surface area contributed by atoms with E-state index >= 15 is 0 Å². The molecule has 7 heteroatoms. The second-order valence-corrected chi connectivity index (χ2v) is 7.83. The van der Waals surface area contributed by atoms with Crippen molar-refractivity contribution in [1.82, 2.24) is 10.6 Å². The molecule has 0 aliphatic carbocycles. The Morgan fingerprint density at radius 2 is 1.57 bits per heavy atom. The van der Waals surface area contributed by atoms with Crippen molar-refractivity contribution in [2.45, 2.75) is 46.4 Å². The molecule has 0 fully saturated rings. The van der Waals surface area contributed by atoms with Gasteiger partial charge >= 0.3 is 12.1 Å². The van der Waals surface area contributed by atoms with Crippen LogP contribution in [0.15, 0.2) is 48.5 Å². The van der Waals surface area contributed by atoms with Crippen molar-refractivity contribution >= 4 is 18.0 Å². The number of alkyl carbamates (subject to hydrolysis) is 1. The van der Waals surface area contributed by atoms with Gasteiger partial charge in [-0.15, -0.1) is 0 Å². The molecule has 30 heavy (non-hydrogen) atoms. The van der Waals surface area contributed by atoms with Crippen LogP contribution in [0.2, 0.25) is 0 Å². The Morgan fingerprint density at radius 1 is 0.900 bits per heavy atom. The van der Waals surface area contributed by atoms with Gasteiger partial charge in [0.2, 0.25) is 0 Å². The predicted molar refractivity (Wildman–Crippen MR) is 113 cm³/mol. The lowest BCUT2D eigenvalue weighted by atomic mass is 10.1. The summed E-state index contributed by atoms with van der Waals surface area (Å²) in [5.41, 5.74) is 2.64. The highest BCUT2D eigenvalue weighted by molar-refractivity contribution is 5.91. The lowest BCUT2D eigenvalue weighted by molar-refractivity contribution is -0.124. The molecule has 2 amide bonds. The van der Waals surface area contributed by atoms with Crippen LogP contribution in [0, 0.1) is 6.92 Å². The number of rotatable bonds is 7. The molecule has 0 saturated heterocycles. The molecule has 0 bridgehead atoms. The fourth-order valence-corrected chi connectivity index (χ4v) is 2.51. The minimum Gasteiger partial charge on any atom is -0.452 e. The van der Waals surface area contributed by atoms with Gasteiger partial charge in [-0.25, -0.2) is 9.59 Å². The van der Waals surface area contributed by atoms with Crippen molar-refractivity contribution < 1.29 is 23.9 Å². The highest BCUT2D eigenvalue weighted by atomic mass is 16.6. The van der Waals surface area contributed by atoms with Gasteiger partial charge in [0.15, 0.2) is 6.61 Å². The Bertz CT molecular complexity index is 885. The predicted octanol–water partition coefficient (Wildman–Crippen LogP) is 3.49. The second kappa shape index (κ2) is 10.4. The third-order valence-corrected chi connectivity index (χ3v) is 4.10. The van der Waals surface area contributed by atoms with Crippen LogP contribution in [-0.2, 0) is 27.4 Å². The maximum atomic E-state index is 12.1. The molecule has 0 aliphatic heterocycles. The first-order valence-corrected chi connectivity index (χ1v) is 9.68. The Hall–Kier alpha value is -3.35. The molecule has 0 aliphatic rings. The number of benzene rings is 2. The van der Waals surface area contributed by atoms with Crippen molar-refractivity contribution in [2.75, 3.05) is 6.61 Å². The van der Waals surface area contributed by atoms with Crippen LogP contribution >= 0.6 is 0 Å². The van der Waals surface area contributed by atoms with Crippen molar-refractivity contribution in [3.8, 4) is 0 Å². The van der Waals surface area contributed by atoms with Crippen LogP contribution in [0.25, 0.3) is 0 Å². The normalized spacial score (nSPS) is 10.8. The standard InChI is InChI=1S/C23H28N2O5/c1-16-7-5-6-8-19(16)14-24-20(26)15-29-21(27)18-11-9-17(10-12-18)13-25-22(28)30-23(2,3)4/h5-12H,13-15H2,1-4H3,(H,24,26)(H,25,28). The second-order valence-electron chi connectivity index (χ2n) is 7.83. The molecule has 0 spiro atoms. The number of nitrogens with one attached hydrogen (secondary N) is 2. The van der Waals surface area contributed by atoms with Crippen LogP contribution in [-0.4, -0.2) is 30.2 Å². The van der Waals surface area contributed by atoms with Gasteiger partial charge in [-0.3, -0.25) is 4.79 Å². The fourth-order valence-electron chi connectivity index (χ4n) is 2.51. The lowest BCUT2D eigenvalue weighted by Gasteiger charge is -2.19. The Balaban J connectivity index is 1.75. The van der Waals surface area contributed by atoms with E-state index in [4.69, 9.17) is 9.47 Å². The van der Waals surface area contributed by atoms with Crippen LogP contribution in [0.1, 0.15) is 47.8 Å². The summed E-state index contributed by atoms with van der Waals surface area (Å²) in [6.07, 6.45) is -0.511. The first-order valence-electron chi connectivity index (χ1n) is 9.68. The number of carbonyl (C=O) groups excluding carboxylic acids is 3. The van der Waals surface area contributed by atoms with E-state index in [0.717, 1.165) is 16.7 Å². The van der Waals surface area contributed by atoms with Crippen molar-refractivity contribution in [3.05, 3.63) is 70.8 Å². The van der Waals surface area contributed by atoms with Gasteiger partial charge in [-0.2, -0.15) is 0 Å². The SMILES string of the molecule is Cc1ccccc1CNC(=O)COC(=O)c1ccc(CNC(=O)OC(C)(C)C)cc1. The number of esters is 1. The Morgan fingerprint density at radius 3 is 2.20 bits per heavy atom. The molecule has 2 N–H and O–H groups in total. The highest BCUT2D eigenvalue weighted by Crippen LogP contribution is 2.09. The van der Waals surface area contributed by atoms with Gasteiger partial charge in [-0.05, 0) is 56.5 Å². The Kier molecular flexibility index (Phi) is 7.98. The summed E-state index contributed by atoms with van der Waals surface area (Å²) in [7, 11) is 0. The van der Waals surface area contributed by atoms with E-state index in [1.165, 1.54) is 0 Å². The number of amides is 2. The number of hydrogen-bond acceptors (Lipinski definition) is 5. The Labute approximate surface area is 176 Å². The van der Waals surface area contributed by atoms with Gasteiger partial charge in [0, 0.05) is 13.1 Å². The monoisotopic (exact) mass is 412 g/mol. The minimum atomic E-state index is -0.590. The van der Waals surface area contributed by atoms with Crippen molar-refractivity contribution in [1.29, 1.82) is 0 Å². The maximum Gasteiger partial charge on any atom is 0.407 e. The number of aryl methyl sites for hydroxylation is 1. The number of hydrogen-bond donors (Lipinski definition) is 2. The summed E-state index contributed by atoms with van der Waals surface area (Å²) in [6.45, 7) is 7.62. The van der Waals surface area contributed by atoms with Crippen LogP contribution in [0.3, 0.4) is 0 Å². The molecule has 0 aromatic heterocycles. The molecule has 0 radical (unpaired) electrons. The molecule has 0 heterocycles. The molecule has 2 aromatic rings. The summed E-state index contributed by atoms with van der Waals surface area (Å²) >= 11 is 0. The fraction of sp³-hybridized carbons (Fsp3) is 0.348. The number of ether oxygens (including phenoxy) is 2.